The summed E-state index contributed by atoms with van der Waals surface area (Å²) in [6.45, 7) is 1.18. The summed E-state index contributed by atoms with van der Waals surface area (Å²) in [5.74, 6) is -2.39. The molecule has 4 nitrogen and oxygen atoms in total. The van der Waals surface area contributed by atoms with Crippen molar-refractivity contribution in [1.29, 1.82) is 0 Å². The van der Waals surface area contributed by atoms with Gasteiger partial charge in [0.1, 0.15) is 5.76 Å². The van der Waals surface area contributed by atoms with Gasteiger partial charge in [0.25, 0.3) is 0 Å². The van der Waals surface area contributed by atoms with Crippen molar-refractivity contribution in [3.8, 4) is 11.5 Å². The average Bonchev–Trinajstić information content (AvgIpc) is 2.78. The van der Waals surface area contributed by atoms with Gasteiger partial charge in [-0.2, -0.15) is 26.3 Å². The second-order valence-electron chi connectivity index (χ2n) is 4.52. The Morgan fingerprint density at radius 3 is 1.87 bits per heavy atom. The molecule has 0 atom stereocenters. The van der Waals surface area contributed by atoms with Gasteiger partial charge in [0.05, 0.1) is 11.1 Å². The van der Waals surface area contributed by atoms with Crippen LogP contribution in [-0.2, 0) is 12.4 Å². The first-order chi connectivity index (χ1) is 10.4. The molecule has 1 N–H and O–H groups in total. The van der Waals surface area contributed by atoms with Gasteiger partial charge in [0, 0.05) is 5.56 Å². The van der Waals surface area contributed by atoms with Gasteiger partial charge in [-0.1, -0.05) is 0 Å². The quantitative estimate of drug-likeness (QED) is 0.825. The molecule has 0 fully saturated rings. The van der Waals surface area contributed by atoms with Crippen molar-refractivity contribution in [1.82, 2.24) is 4.98 Å². The van der Waals surface area contributed by atoms with E-state index in [4.69, 9.17) is 9.52 Å². The summed E-state index contributed by atoms with van der Waals surface area (Å²) in [5.41, 5.74) is -4.31. The van der Waals surface area contributed by atoms with E-state index < -0.39 is 46.6 Å². The fourth-order valence-electron chi connectivity index (χ4n) is 1.80. The Balaban J connectivity index is 2.67. The normalized spacial score (nSPS) is 12.5. The van der Waals surface area contributed by atoms with Gasteiger partial charge >= 0.3 is 18.3 Å². The van der Waals surface area contributed by atoms with Crippen molar-refractivity contribution in [3.05, 3.63) is 40.8 Å². The minimum absolute atomic E-state index is 0.0442. The summed E-state index contributed by atoms with van der Waals surface area (Å²) < 4.78 is 81.4. The Hall–Kier alpha value is -2.52. The van der Waals surface area contributed by atoms with E-state index in [-0.39, 0.29) is 11.8 Å². The van der Waals surface area contributed by atoms with E-state index in [9.17, 15) is 31.1 Å². The van der Waals surface area contributed by atoms with E-state index in [1.165, 1.54) is 6.92 Å². The summed E-state index contributed by atoms with van der Waals surface area (Å²) in [6, 6.07) is 0.774. The average molecular weight is 339 g/mol. The Labute approximate surface area is 124 Å². The van der Waals surface area contributed by atoms with Crippen LogP contribution in [0, 0.1) is 6.92 Å². The molecule has 0 amide bonds. The predicted octanol–water partition coefficient (Wildman–Crippen LogP) is 4.39. The molecule has 1 heterocycles. The van der Waals surface area contributed by atoms with Gasteiger partial charge in [0.2, 0.25) is 5.89 Å². The van der Waals surface area contributed by atoms with Crippen LogP contribution >= 0.6 is 0 Å². The van der Waals surface area contributed by atoms with Crippen molar-refractivity contribution in [2.24, 2.45) is 0 Å². The molecule has 10 heteroatoms. The number of aryl methyl sites for hydroxylation is 1. The number of rotatable bonds is 2. The topological polar surface area (TPSA) is 63.3 Å². The number of aromatic carboxylic acids is 1. The highest BCUT2D eigenvalue weighted by Crippen LogP contribution is 2.38. The number of carboxylic acids is 1. The first-order valence-electron chi connectivity index (χ1n) is 5.90. The second-order valence-corrected chi connectivity index (χ2v) is 4.52. The van der Waals surface area contributed by atoms with E-state index in [2.05, 4.69) is 4.98 Å². The SMILES string of the molecule is Cc1oc(-c2cc(C(F)(F)F)cc(C(F)(F)F)c2)nc1C(=O)O. The van der Waals surface area contributed by atoms with Crippen LogP contribution in [0.4, 0.5) is 26.3 Å². The molecule has 0 saturated carbocycles. The van der Waals surface area contributed by atoms with Crippen LogP contribution in [0.15, 0.2) is 22.6 Å². The maximum atomic E-state index is 12.8. The van der Waals surface area contributed by atoms with Crippen LogP contribution in [0.5, 0.6) is 0 Å². The molecular formula is C13H7F6NO3. The van der Waals surface area contributed by atoms with Crippen LogP contribution in [0.25, 0.3) is 11.5 Å². The number of oxazole rings is 1. The zero-order valence-electron chi connectivity index (χ0n) is 11.2. The summed E-state index contributed by atoms with van der Waals surface area (Å²) >= 11 is 0. The Bertz CT molecular complexity index is 728. The van der Waals surface area contributed by atoms with Gasteiger partial charge in [0.15, 0.2) is 5.69 Å². The number of hydrogen-bond acceptors (Lipinski definition) is 3. The fraction of sp³-hybridized carbons (Fsp3) is 0.231. The summed E-state index contributed by atoms with van der Waals surface area (Å²) in [5, 5.41) is 8.81. The minimum Gasteiger partial charge on any atom is -0.476 e. The molecule has 0 spiro atoms. The van der Waals surface area contributed by atoms with Crippen LogP contribution < -0.4 is 0 Å². The number of carbonyl (C=O) groups is 1. The molecule has 1 aromatic carbocycles. The van der Waals surface area contributed by atoms with Gasteiger partial charge < -0.3 is 9.52 Å². The van der Waals surface area contributed by atoms with Crippen LogP contribution in [0.1, 0.15) is 27.4 Å². The number of aromatic nitrogens is 1. The molecule has 2 aromatic rings. The first-order valence-corrected chi connectivity index (χ1v) is 5.90. The standard InChI is InChI=1S/C13H7F6NO3/c1-5-9(11(21)22)20-10(23-5)6-2-7(12(14,15)16)4-8(3-6)13(17,18)19/h2-4H,1H3,(H,21,22). The molecule has 0 saturated heterocycles. The molecule has 2 rings (SSSR count). The summed E-state index contributed by atoms with van der Waals surface area (Å²) in [4.78, 5) is 14.3. The number of carboxylic acid groups (broad SMARTS) is 1. The van der Waals surface area contributed by atoms with Crippen molar-refractivity contribution in [2.45, 2.75) is 19.3 Å². The largest absolute Gasteiger partial charge is 0.476 e. The number of alkyl halides is 6. The van der Waals surface area contributed by atoms with Gasteiger partial charge in [-0.15, -0.1) is 0 Å². The van der Waals surface area contributed by atoms with E-state index in [0.717, 1.165) is 0 Å². The number of benzene rings is 1. The molecular weight excluding hydrogens is 332 g/mol. The summed E-state index contributed by atoms with van der Waals surface area (Å²) in [7, 11) is 0. The van der Waals surface area contributed by atoms with Crippen molar-refractivity contribution in [2.75, 3.05) is 0 Å². The van der Waals surface area contributed by atoms with Gasteiger partial charge in [-0.3, -0.25) is 0 Å². The zero-order valence-corrected chi connectivity index (χ0v) is 11.2. The third-order valence-electron chi connectivity index (χ3n) is 2.83. The van der Waals surface area contributed by atoms with Crippen LogP contribution in [0.2, 0.25) is 0 Å². The molecule has 0 aliphatic rings. The van der Waals surface area contributed by atoms with Crippen molar-refractivity contribution < 1.29 is 40.7 Å². The van der Waals surface area contributed by atoms with Crippen molar-refractivity contribution >= 4 is 5.97 Å². The van der Waals surface area contributed by atoms with Gasteiger partial charge in [-0.05, 0) is 25.1 Å². The molecule has 0 aliphatic carbocycles. The van der Waals surface area contributed by atoms with E-state index in [0.29, 0.717) is 12.1 Å². The molecule has 23 heavy (non-hydrogen) atoms. The minimum atomic E-state index is -5.02. The first kappa shape index (κ1) is 16.8. The molecule has 0 radical (unpaired) electrons. The molecule has 0 aliphatic heterocycles. The lowest BCUT2D eigenvalue weighted by atomic mass is 10.0. The van der Waals surface area contributed by atoms with E-state index in [1.807, 2.05) is 0 Å². The highest BCUT2D eigenvalue weighted by molar-refractivity contribution is 5.87. The highest BCUT2D eigenvalue weighted by Gasteiger charge is 2.37. The monoisotopic (exact) mass is 339 g/mol. The maximum Gasteiger partial charge on any atom is 0.416 e. The third kappa shape index (κ3) is 3.46. The van der Waals surface area contributed by atoms with Crippen LogP contribution in [-0.4, -0.2) is 16.1 Å². The zero-order chi connectivity index (χ0) is 17.6. The Morgan fingerprint density at radius 2 is 1.52 bits per heavy atom. The number of hydrogen-bond donors (Lipinski definition) is 1. The number of halogens is 6. The molecule has 0 bridgehead atoms. The maximum absolute atomic E-state index is 12.8. The molecule has 0 unspecified atom stereocenters. The van der Waals surface area contributed by atoms with E-state index >= 15 is 0 Å². The Kier molecular flexibility index (Phi) is 3.87. The number of nitrogens with zero attached hydrogens (tertiary/aromatic N) is 1. The predicted molar refractivity (Wildman–Crippen MR) is 63.6 cm³/mol. The van der Waals surface area contributed by atoms with Crippen molar-refractivity contribution in [3.63, 3.8) is 0 Å². The lowest BCUT2D eigenvalue weighted by Crippen LogP contribution is -2.11. The van der Waals surface area contributed by atoms with Gasteiger partial charge in [-0.25, -0.2) is 9.78 Å². The molecule has 124 valence electrons. The fourth-order valence-corrected chi connectivity index (χ4v) is 1.80. The van der Waals surface area contributed by atoms with E-state index in [1.54, 1.807) is 0 Å². The lowest BCUT2D eigenvalue weighted by molar-refractivity contribution is -0.143. The molecule has 1 aromatic heterocycles. The van der Waals surface area contributed by atoms with Crippen LogP contribution in [0.3, 0.4) is 0 Å². The Morgan fingerprint density at radius 1 is 1.04 bits per heavy atom. The smallest absolute Gasteiger partial charge is 0.416 e. The highest BCUT2D eigenvalue weighted by atomic mass is 19.4. The summed E-state index contributed by atoms with van der Waals surface area (Å²) in [6.07, 6.45) is -10.0. The third-order valence-corrected chi connectivity index (χ3v) is 2.83. The lowest BCUT2D eigenvalue weighted by Gasteiger charge is -2.13. The second kappa shape index (κ2) is 5.28.